The van der Waals surface area contributed by atoms with Crippen molar-refractivity contribution < 1.29 is 14.7 Å². The van der Waals surface area contributed by atoms with Crippen LogP contribution in [0.5, 0.6) is 0 Å². The van der Waals surface area contributed by atoms with Crippen LogP contribution in [-0.2, 0) is 9.59 Å². The van der Waals surface area contributed by atoms with Gasteiger partial charge in [-0.2, -0.15) is 0 Å². The average Bonchev–Trinajstić information content (AvgIpc) is 2.69. The molecule has 120 valence electrons. The number of hydrogen-bond acceptors (Lipinski definition) is 3. The van der Waals surface area contributed by atoms with Crippen molar-refractivity contribution >= 4 is 11.9 Å². The van der Waals surface area contributed by atoms with Crippen molar-refractivity contribution in [3.63, 3.8) is 0 Å². The molecule has 2 aliphatic rings. The number of carbonyl (C=O) groups is 2. The highest BCUT2D eigenvalue weighted by atomic mass is 16.4. The van der Waals surface area contributed by atoms with Crippen LogP contribution in [0.3, 0.4) is 0 Å². The molecule has 0 aromatic rings. The highest BCUT2D eigenvalue weighted by Gasteiger charge is 2.30. The van der Waals surface area contributed by atoms with Gasteiger partial charge in [0.05, 0.1) is 12.5 Å². The minimum absolute atomic E-state index is 0.0996. The predicted molar refractivity (Wildman–Crippen MR) is 81.0 cm³/mol. The Bertz CT molecular complexity index is 365. The van der Waals surface area contributed by atoms with E-state index in [0.29, 0.717) is 32.0 Å². The molecule has 5 nitrogen and oxygen atoms in total. The number of hydrogen-bond donors (Lipinski definition) is 2. The molecule has 1 aliphatic carbocycles. The zero-order chi connectivity index (χ0) is 15.2. The number of amides is 1. The standard InChI is InChI=1S/C16H28N2O3/c1-12-10-13(16(20)21)8-9-18(12)11-15(19)17-14-6-4-2-3-5-7-14/h12-14H,2-11H2,1H3,(H,17,19)(H,20,21). The van der Waals surface area contributed by atoms with E-state index >= 15 is 0 Å². The lowest BCUT2D eigenvalue weighted by Gasteiger charge is -2.35. The van der Waals surface area contributed by atoms with Crippen LogP contribution >= 0.6 is 0 Å². The van der Waals surface area contributed by atoms with Gasteiger partial charge in [-0.15, -0.1) is 0 Å². The average molecular weight is 296 g/mol. The third-order valence-corrected chi connectivity index (χ3v) is 4.93. The molecular weight excluding hydrogens is 268 g/mol. The number of nitrogens with zero attached hydrogens (tertiary/aromatic N) is 1. The Morgan fingerprint density at radius 1 is 1.14 bits per heavy atom. The maximum Gasteiger partial charge on any atom is 0.306 e. The molecule has 0 aromatic heterocycles. The summed E-state index contributed by atoms with van der Waals surface area (Å²) in [5.74, 6) is -0.854. The molecule has 21 heavy (non-hydrogen) atoms. The molecule has 1 heterocycles. The first-order chi connectivity index (χ1) is 10.1. The van der Waals surface area contributed by atoms with Crippen LogP contribution in [0.2, 0.25) is 0 Å². The van der Waals surface area contributed by atoms with Crippen LogP contribution in [0.4, 0.5) is 0 Å². The summed E-state index contributed by atoms with van der Waals surface area (Å²) in [4.78, 5) is 25.3. The van der Waals surface area contributed by atoms with E-state index in [9.17, 15) is 9.59 Å². The number of likely N-dealkylation sites (tertiary alicyclic amines) is 1. The van der Waals surface area contributed by atoms with Gasteiger partial charge in [-0.25, -0.2) is 0 Å². The lowest BCUT2D eigenvalue weighted by atomic mass is 9.92. The van der Waals surface area contributed by atoms with Gasteiger partial charge < -0.3 is 10.4 Å². The summed E-state index contributed by atoms with van der Waals surface area (Å²) in [6.07, 6.45) is 8.49. The van der Waals surface area contributed by atoms with Crippen LogP contribution in [-0.4, -0.2) is 47.1 Å². The molecule has 0 aromatic carbocycles. The molecule has 2 fully saturated rings. The largest absolute Gasteiger partial charge is 0.481 e. The second-order valence-corrected chi connectivity index (χ2v) is 6.64. The zero-order valence-corrected chi connectivity index (χ0v) is 13.0. The maximum atomic E-state index is 12.2. The van der Waals surface area contributed by atoms with Crippen molar-refractivity contribution in [1.82, 2.24) is 10.2 Å². The summed E-state index contributed by atoms with van der Waals surface area (Å²) < 4.78 is 0. The minimum atomic E-state index is -0.704. The number of piperidine rings is 1. The summed E-state index contributed by atoms with van der Waals surface area (Å²) in [5.41, 5.74) is 0. The van der Waals surface area contributed by atoms with Crippen molar-refractivity contribution in [2.45, 2.75) is 70.4 Å². The highest BCUT2D eigenvalue weighted by Crippen LogP contribution is 2.23. The first-order valence-corrected chi connectivity index (χ1v) is 8.32. The monoisotopic (exact) mass is 296 g/mol. The molecule has 2 N–H and O–H groups in total. The molecular formula is C16H28N2O3. The van der Waals surface area contributed by atoms with E-state index in [1.165, 1.54) is 25.7 Å². The number of carbonyl (C=O) groups excluding carboxylic acids is 1. The smallest absolute Gasteiger partial charge is 0.306 e. The predicted octanol–water partition coefficient (Wildman–Crippen LogP) is 2.01. The van der Waals surface area contributed by atoms with Crippen molar-refractivity contribution in [1.29, 1.82) is 0 Å². The lowest BCUT2D eigenvalue weighted by molar-refractivity contribution is -0.144. The van der Waals surface area contributed by atoms with Gasteiger partial charge in [0, 0.05) is 12.1 Å². The third-order valence-electron chi connectivity index (χ3n) is 4.93. The number of rotatable bonds is 4. The second kappa shape index (κ2) is 7.78. The first kappa shape index (κ1) is 16.3. The molecule has 0 radical (unpaired) electrons. The Morgan fingerprint density at radius 2 is 1.81 bits per heavy atom. The quantitative estimate of drug-likeness (QED) is 0.779. The van der Waals surface area contributed by atoms with Gasteiger partial charge in [0.15, 0.2) is 0 Å². The van der Waals surface area contributed by atoms with E-state index < -0.39 is 5.97 Å². The second-order valence-electron chi connectivity index (χ2n) is 6.64. The zero-order valence-electron chi connectivity index (χ0n) is 13.0. The molecule has 2 atom stereocenters. The summed E-state index contributed by atoms with van der Waals surface area (Å²) in [6, 6.07) is 0.506. The molecule has 1 amide bonds. The molecule has 0 bridgehead atoms. The molecule has 2 rings (SSSR count). The molecule has 1 aliphatic heterocycles. The Labute approximate surface area is 127 Å². The van der Waals surface area contributed by atoms with Gasteiger partial charge in [-0.3, -0.25) is 14.5 Å². The third kappa shape index (κ3) is 4.99. The fourth-order valence-electron chi connectivity index (χ4n) is 3.56. The summed E-state index contributed by atoms with van der Waals surface area (Å²) in [5, 5.41) is 12.2. The van der Waals surface area contributed by atoms with Crippen LogP contribution in [0.1, 0.15) is 58.3 Å². The van der Waals surface area contributed by atoms with Crippen LogP contribution in [0.15, 0.2) is 0 Å². The first-order valence-electron chi connectivity index (χ1n) is 8.32. The fraction of sp³-hybridized carbons (Fsp3) is 0.875. The Hall–Kier alpha value is -1.10. The van der Waals surface area contributed by atoms with E-state index in [-0.39, 0.29) is 17.9 Å². The normalized spacial score (nSPS) is 28.8. The summed E-state index contributed by atoms with van der Waals surface area (Å²) in [7, 11) is 0. The van der Waals surface area contributed by atoms with E-state index in [2.05, 4.69) is 10.2 Å². The van der Waals surface area contributed by atoms with Crippen molar-refractivity contribution in [2.24, 2.45) is 5.92 Å². The van der Waals surface area contributed by atoms with Crippen LogP contribution < -0.4 is 5.32 Å². The van der Waals surface area contributed by atoms with Crippen molar-refractivity contribution in [3.05, 3.63) is 0 Å². The fourth-order valence-corrected chi connectivity index (χ4v) is 3.56. The molecule has 2 unspecified atom stereocenters. The Kier molecular flexibility index (Phi) is 6.03. The van der Waals surface area contributed by atoms with Gasteiger partial charge in [0.2, 0.25) is 5.91 Å². The maximum absolute atomic E-state index is 12.2. The van der Waals surface area contributed by atoms with E-state index in [1.54, 1.807) is 0 Å². The molecule has 1 saturated heterocycles. The number of nitrogens with one attached hydrogen (secondary N) is 1. The molecule has 5 heteroatoms. The SMILES string of the molecule is CC1CC(C(=O)O)CCN1CC(=O)NC1CCCCCC1. The molecule has 0 spiro atoms. The summed E-state index contributed by atoms with van der Waals surface area (Å²) >= 11 is 0. The Balaban J connectivity index is 1.76. The molecule has 1 saturated carbocycles. The highest BCUT2D eigenvalue weighted by molar-refractivity contribution is 5.78. The van der Waals surface area contributed by atoms with Gasteiger partial charge in [-0.05, 0) is 39.2 Å². The van der Waals surface area contributed by atoms with Crippen molar-refractivity contribution in [3.8, 4) is 0 Å². The lowest BCUT2D eigenvalue weighted by Crippen LogP contribution is -2.48. The number of carboxylic acid groups (broad SMARTS) is 1. The summed E-state index contributed by atoms with van der Waals surface area (Å²) in [6.45, 7) is 3.13. The van der Waals surface area contributed by atoms with E-state index in [1.807, 2.05) is 6.92 Å². The Morgan fingerprint density at radius 3 is 2.38 bits per heavy atom. The topological polar surface area (TPSA) is 69.6 Å². The van der Waals surface area contributed by atoms with E-state index in [4.69, 9.17) is 5.11 Å². The number of aliphatic carboxylic acids is 1. The van der Waals surface area contributed by atoms with Crippen LogP contribution in [0, 0.1) is 5.92 Å². The number of carboxylic acids is 1. The van der Waals surface area contributed by atoms with Gasteiger partial charge >= 0.3 is 5.97 Å². The van der Waals surface area contributed by atoms with E-state index in [0.717, 1.165) is 12.8 Å². The van der Waals surface area contributed by atoms with Gasteiger partial charge in [-0.1, -0.05) is 25.7 Å². The van der Waals surface area contributed by atoms with Gasteiger partial charge in [0.1, 0.15) is 0 Å². The van der Waals surface area contributed by atoms with Gasteiger partial charge in [0.25, 0.3) is 0 Å². The van der Waals surface area contributed by atoms with Crippen molar-refractivity contribution in [2.75, 3.05) is 13.1 Å². The van der Waals surface area contributed by atoms with Crippen LogP contribution in [0.25, 0.3) is 0 Å². The minimum Gasteiger partial charge on any atom is -0.481 e.